The zero-order chi connectivity index (χ0) is 27.8. The molecule has 0 aromatic heterocycles. The van der Waals surface area contributed by atoms with Gasteiger partial charge in [-0.2, -0.15) is 0 Å². The van der Waals surface area contributed by atoms with Crippen LogP contribution in [0.15, 0.2) is 52.4 Å². The van der Waals surface area contributed by atoms with Crippen molar-refractivity contribution in [2.24, 2.45) is 21.8 Å². The van der Waals surface area contributed by atoms with Crippen molar-refractivity contribution in [3.63, 3.8) is 0 Å². The van der Waals surface area contributed by atoms with Gasteiger partial charge < -0.3 is 16.0 Å². The summed E-state index contributed by atoms with van der Waals surface area (Å²) >= 11 is 6.93. The number of nitrogen functional groups attached to an aromatic ring is 1. The van der Waals surface area contributed by atoms with E-state index in [2.05, 4.69) is 28.9 Å². The van der Waals surface area contributed by atoms with Gasteiger partial charge in [0, 0.05) is 48.5 Å². The third-order valence-electron chi connectivity index (χ3n) is 9.20. The molecule has 5 nitrogen and oxygen atoms in total. The molecule has 3 aromatic carbocycles. The first-order valence-corrected chi connectivity index (χ1v) is 15.2. The average molecular weight is 560 g/mol. The van der Waals surface area contributed by atoms with Crippen molar-refractivity contribution in [1.82, 2.24) is 10.2 Å². The van der Waals surface area contributed by atoms with Crippen molar-refractivity contribution in [3.8, 4) is 11.1 Å². The van der Waals surface area contributed by atoms with E-state index in [4.69, 9.17) is 22.3 Å². The van der Waals surface area contributed by atoms with E-state index in [1.54, 1.807) is 6.07 Å². The van der Waals surface area contributed by atoms with E-state index in [1.807, 2.05) is 36.4 Å². The van der Waals surface area contributed by atoms with E-state index in [0.29, 0.717) is 46.0 Å². The Hall–Kier alpha value is -2.96. The Morgan fingerprint density at radius 1 is 1.12 bits per heavy atom. The minimum absolute atomic E-state index is 0.195. The quantitative estimate of drug-likeness (QED) is 0.129. The Bertz CT molecular complexity index is 1430. The number of piperazine rings is 1. The van der Waals surface area contributed by atoms with Gasteiger partial charge in [0.2, 0.25) is 0 Å². The lowest BCUT2D eigenvalue weighted by molar-refractivity contribution is 0.175. The topological polar surface area (TPSA) is 66.0 Å². The molecule has 1 aliphatic carbocycles. The van der Waals surface area contributed by atoms with Crippen LogP contribution in [0.25, 0.3) is 21.9 Å². The maximum atomic E-state index is 16.5. The molecule has 3 N–H and O–H groups in total. The molecule has 40 heavy (non-hydrogen) atoms. The summed E-state index contributed by atoms with van der Waals surface area (Å²) in [6, 6.07) is 14.2. The van der Waals surface area contributed by atoms with Crippen LogP contribution in [0.5, 0.6) is 0 Å². The summed E-state index contributed by atoms with van der Waals surface area (Å²) in [5.41, 5.74) is 8.54. The number of hydrogen-bond donors (Lipinski definition) is 2. The van der Waals surface area contributed by atoms with Gasteiger partial charge in [0.15, 0.2) is 5.82 Å². The fourth-order valence-electron chi connectivity index (χ4n) is 7.05. The fraction of sp³-hybridized carbons (Fsp3) is 0.455. The van der Waals surface area contributed by atoms with Gasteiger partial charge in [-0.3, -0.25) is 9.98 Å². The maximum absolute atomic E-state index is 16.5. The molecule has 3 aliphatic rings. The maximum Gasteiger partial charge on any atom is 0.158 e. The van der Waals surface area contributed by atoms with E-state index in [1.165, 1.54) is 25.7 Å². The molecular formula is C33H39ClFN5. The molecule has 2 saturated heterocycles. The first-order valence-electron chi connectivity index (χ1n) is 14.8. The van der Waals surface area contributed by atoms with Crippen LogP contribution in [0.1, 0.15) is 57.4 Å². The van der Waals surface area contributed by atoms with Gasteiger partial charge in [-0.25, -0.2) is 4.39 Å². The van der Waals surface area contributed by atoms with E-state index in [-0.39, 0.29) is 5.69 Å². The van der Waals surface area contributed by atoms with Crippen LogP contribution in [0.4, 0.5) is 15.8 Å². The van der Waals surface area contributed by atoms with Gasteiger partial charge in [0.05, 0.1) is 5.02 Å². The van der Waals surface area contributed by atoms with Crippen LogP contribution < -0.4 is 11.1 Å². The number of amidine groups is 1. The van der Waals surface area contributed by atoms with Crippen molar-refractivity contribution in [1.29, 1.82) is 0 Å². The summed E-state index contributed by atoms with van der Waals surface area (Å²) in [4.78, 5) is 11.7. The second kappa shape index (κ2) is 11.5. The number of nitrogens with zero attached hydrogens (tertiary/aromatic N) is 3. The molecule has 0 spiro atoms. The Morgan fingerprint density at radius 2 is 1.88 bits per heavy atom. The summed E-state index contributed by atoms with van der Waals surface area (Å²) in [6.07, 6.45) is 8.51. The van der Waals surface area contributed by atoms with Crippen molar-refractivity contribution >= 4 is 46.3 Å². The van der Waals surface area contributed by atoms with E-state index < -0.39 is 5.82 Å². The predicted molar refractivity (Wildman–Crippen MR) is 167 cm³/mol. The number of nitrogens with two attached hydrogens (primary N) is 1. The van der Waals surface area contributed by atoms with Crippen LogP contribution in [0, 0.1) is 17.7 Å². The highest BCUT2D eigenvalue weighted by molar-refractivity contribution is 6.34. The second-order valence-corrected chi connectivity index (χ2v) is 12.3. The summed E-state index contributed by atoms with van der Waals surface area (Å²) in [7, 11) is 0. The number of fused-ring (bicyclic) bond motifs is 3. The first kappa shape index (κ1) is 27.2. The molecule has 3 fully saturated rings. The molecule has 0 radical (unpaired) electrons. The highest BCUT2D eigenvalue weighted by atomic mass is 35.5. The molecule has 1 saturated carbocycles. The molecule has 2 aliphatic heterocycles. The molecule has 7 heteroatoms. The molecule has 6 rings (SSSR count). The first-order chi connectivity index (χ1) is 19.4. The highest BCUT2D eigenvalue weighted by Crippen LogP contribution is 2.43. The van der Waals surface area contributed by atoms with E-state index in [9.17, 15) is 0 Å². The number of likely N-dealkylation sites (tertiary alicyclic amines) is 1. The third-order valence-corrected chi connectivity index (χ3v) is 9.50. The summed E-state index contributed by atoms with van der Waals surface area (Å²) in [6.45, 7) is 8.45. The average Bonchev–Trinajstić information content (AvgIpc) is 3.26. The van der Waals surface area contributed by atoms with Crippen LogP contribution >= 0.6 is 11.6 Å². The van der Waals surface area contributed by atoms with Gasteiger partial charge in [-0.1, -0.05) is 49.2 Å². The summed E-state index contributed by atoms with van der Waals surface area (Å²) in [5.74, 6) is 2.02. The van der Waals surface area contributed by atoms with Gasteiger partial charge >= 0.3 is 0 Å². The van der Waals surface area contributed by atoms with Gasteiger partial charge in [-0.05, 0) is 91.6 Å². The van der Waals surface area contributed by atoms with E-state index in [0.717, 1.165) is 60.8 Å². The van der Waals surface area contributed by atoms with Crippen molar-refractivity contribution in [2.45, 2.75) is 64.0 Å². The lowest BCUT2D eigenvalue weighted by atomic mass is 9.72. The van der Waals surface area contributed by atoms with E-state index >= 15 is 4.39 Å². The smallest absolute Gasteiger partial charge is 0.158 e. The number of anilines is 1. The number of nitrogens with one attached hydrogen (secondary N) is 1. The molecule has 2 atom stereocenters. The predicted octanol–water partition coefficient (Wildman–Crippen LogP) is 7.61. The molecule has 3 aromatic rings. The fourth-order valence-corrected chi connectivity index (χ4v) is 7.35. The molecule has 2 unspecified atom stereocenters. The zero-order valence-corrected chi connectivity index (χ0v) is 24.1. The number of aliphatic imine (C=N–C) groups is 2. The minimum atomic E-state index is -0.487. The number of hydrogen-bond acceptors (Lipinski definition) is 4. The normalized spacial score (nSPS) is 24.4. The van der Waals surface area contributed by atoms with Crippen LogP contribution in [-0.4, -0.2) is 49.2 Å². The number of benzene rings is 3. The van der Waals surface area contributed by atoms with Gasteiger partial charge in [0.25, 0.3) is 0 Å². The lowest BCUT2D eigenvalue weighted by Crippen LogP contribution is -2.53. The standard InChI is InChI=1S/C33H39ClFN5/c1-3-20-13-21(14-20)7-6-12-38-33(40-18-24-10-11-25(19-40)39-24)28-17-29(34)30(31(35)32(28)37-2)27-16-23(36)15-22-8-4-5-9-26(22)27/h4-5,8-9,15-17,20-21,24-25,39H,2-3,6-7,10-14,18-19,36H2,1H3. The Morgan fingerprint density at radius 3 is 2.60 bits per heavy atom. The van der Waals surface area contributed by atoms with Gasteiger partial charge in [-0.15, -0.1) is 0 Å². The molecular weight excluding hydrogens is 521 g/mol. The summed E-state index contributed by atoms with van der Waals surface area (Å²) in [5, 5.41) is 5.83. The zero-order valence-electron chi connectivity index (χ0n) is 23.3. The van der Waals surface area contributed by atoms with Crippen LogP contribution in [0.2, 0.25) is 5.02 Å². The number of halogens is 2. The van der Waals surface area contributed by atoms with Crippen molar-refractivity contribution in [3.05, 3.63) is 58.9 Å². The third kappa shape index (κ3) is 5.24. The van der Waals surface area contributed by atoms with Crippen molar-refractivity contribution in [2.75, 3.05) is 25.4 Å². The molecule has 2 bridgehead atoms. The summed E-state index contributed by atoms with van der Waals surface area (Å²) < 4.78 is 16.5. The molecule has 2 heterocycles. The van der Waals surface area contributed by atoms with Crippen LogP contribution in [0.3, 0.4) is 0 Å². The molecule has 0 amide bonds. The largest absolute Gasteiger partial charge is 0.399 e. The molecule has 210 valence electrons. The monoisotopic (exact) mass is 559 g/mol. The van der Waals surface area contributed by atoms with Crippen molar-refractivity contribution < 1.29 is 4.39 Å². The minimum Gasteiger partial charge on any atom is -0.399 e. The highest BCUT2D eigenvalue weighted by Gasteiger charge is 2.35. The Labute approximate surface area is 241 Å². The lowest BCUT2D eigenvalue weighted by Gasteiger charge is -2.36. The Balaban J connectivity index is 1.38. The SMILES string of the molecule is C=Nc1c(C(=NCCCC2CC(CC)C2)N2CC3CCC(C2)N3)cc(Cl)c(-c2cc(N)cc3ccccc23)c1F. The van der Waals surface area contributed by atoms with Gasteiger partial charge in [0.1, 0.15) is 11.5 Å². The van der Waals surface area contributed by atoms with Crippen LogP contribution in [-0.2, 0) is 0 Å². The number of rotatable bonds is 8. The second-order valence-electron chi connectivity index (χ2n) is 11.9. The Kier molecular flexibility index (Phi) is 7.82.